The van der Waals surface area contributed by atoms with Gasteiger partial charge in [0, 0.05) is 32.7 Å². The summed E-state index contributed by atoms with van der Waals surface area (Å²) >= 11 is 7.00. The van der Waals surface area contributed by atoms with Crippen LogP contribution in [0.1, 0.15) is 18.5 Å². The number of aromatic nitrogens is 3. The molecule has 0 radical (unpaired) electrons. The number of H-pyrrole nitrogens is 1. The van der Waals surface area contributed by atoms with Crippen LogP contribution >= 0.6 is 23.6 Å². The van der Waals surface area contributed by atoms with Crippen molar-refractivity contribution in [3.63, 3.8) is 0 Å². The second-order valence-electron chi connectivity index (χ2n) is 7.33. The van der Waals surface area contributed by atoms with Gasteiger partial charge in [-0.05, 0) is 48.3 Å². The Morgan fingerprint density at radius 3 is 2.60 bits per heavy atom. The standard InChI is InChI=1S/C21H25N5O2S2/c1-15(26-19(22-23-21(26)29)18-4-3-13-30-18)20(27)25-11-9-24(10-12-25)14-16-5-7-17(28-2)8-6-16/h3-8,13,15H,9-12,14H2,1-2H3,(H,23,29). The molecule has 1 unspecified atom stereocenters. The molecule has 1 fully saturated rings. The summed E-state index contributed by atoms with van der Waals surface area (Å²) in [4.78, 5) is 18.5. The summed E-state index contributed by atoms with van der Waals surface area (Å²) in [7, 11) is 1.67. The van der Waals surface area contributed by atoms with Crippen molar-refractivity contribution in [2.45, 2.75) is 19.5 Å². The maximum Gasteiger partial charge on any atom is 0.245 e. The smallest absolute Gasteiger partial charge is 0.245 e. The number of nitrogens with one attached hydrogen (secondary N) is 1. The first-order valence-corrected chi connectivity index (χ1v) is 11.2. The molecule has 1 amide bonds. The molecule has 3 heterocycles. The highest BCUT2D eigenvalue weighted by atomic mass is 32.1. The van der Waals surface area contributed by atoms with E-state index in [1.807, 2.05) is 46.0 Å². The molecule has 4 rings (SSSR count). The molecule has 30 heavy (non-hydrogen) atoms. The number of benzene rings is 1. The van der Waals surface area contributed by atoms with Crippen LogP contribution in [0.5, 0.6) is 5.75 Å². The van der Waals surface area contributed by atoms with Gasteiger partial charge in [0.15, 0.2) is 10.6 Å². The van der Waals surface area contributed by atoms with E-state index in [2.05, 4.69) is 27.2 Å². The molecular formula is C21H25N5O2S2. The number of methoxy groups -OCH3 is 1. The van der Waals surface area contributed by atoms with Crippen LogP contribution in [0.2, 0.25) is 0 Å². The van der Waals surface area contributed by atoms with Crippen molar-refractivity contribution in [3.8, 4) is 16.5 Å². The van der Waals surface area contributed by atoms with Crippen molar-refractivity contribution in [2.75, 3.05) is 33.3 Å². The van der Waals surface area contributed by atoms with Gasteiger partial charge < -0.3 is 9.64 Å². The fraction of sp³-hybridized carbons (Fsp3) is 0.381. The predicted octanol–water partition coefficient (Wildman–Crippen LogP) is 3.58. The minimum atomic E-state index is -0.401. The number of amides is 1. The summed E-state index contributed by atoms with van der Waals surface area (Å²) in [5.74, 6) is 1.66. The van der Waals surface area contributed by atoms with Crippen molar-refractivity contribution in [3.05, 3.63) is 52.1 Å². The Labute approximate surface area is 184 Å². The number of nitrogens with zero attached hydrogens (tertiary/aromatic N) is 4. The Balaban J connectivity index is 1.38. The maximum absolute atomic E-state index is 13.2. The lowest BCUT2D eigenvalue weighted by Crippen LogP contribution is -2.50. The first-order valence-electron chi connectivity index (χ1n) is 9.91. The molecule has 9 heteroatoms. The van der Waals surface area contributed by atoms with E-state index in [9.17, 15) is 4.79 Å². The molecule has 1 aliphatic heterocycles. The van der Waals surface area contributed by atoms with Crippen LogP contribution in [0.25, 0.3) is 10.7 Å². The minimum Gasteiger partial charge on any atom is -0.497 e. The van der Waals surface area contributed by atoms with Crippen LogP contribution in [0.3, 0.4) is 0 Å². The molecule has 0 spiro atoms. The fourth-order valence-corrected chi connectivity index (χ4v) is 4.73. The van der Waals surface area contributed by atoms with Gasteiger partial charge in [0.25, 0.3) is 0 Å². The Morgan fingerprint density at radius 2 is 1.97 bits per heavy atom. The number of aromatic amines is 1. The Kier molecular flexibility index (Phi) is 6.31. The summed E-state index contributed by atoms with van der Waals surface area (Å²) in [6.45, 7) is 5.88. The molecule has 3 aromatic rings. The van der Waals surface area contributed by atoms with Crippen molar-refractivity contribution in [2.24, 2.45) is 0 Å². The summed E-state index contributed by atoms with van der Waals surface area (Å²) < 4.78 is 7.52. The highest BCUT2D eigenvalue weighted by Crippen LogP contribution is 2.26. The molecule has 1 atom stereocenters. The first kappa shape index (κ1) is 20.8. The summed E-state index contributed by atoms with van der Waals surface area (Å²) in [5.41, 5.74) is 1.24. The zero-order valence-electron chi connectivity index (χ0n) is 17.1. The van der Waals surface area contributed by atoms with Gasteiger partial charge in [-0.3, -0.25) is 19.4 Å². The number of rotatable bonds is 6. The van der Waals surface area contributed by atoms with E-state index in [1.165, 1.54) is 5.56 Å². The topological polar surface area (TPSA) is 66.4 Å². The maximum atomic E-state index is 13.2. The zero-order chi connectivity index (χ0) is 21.1. The Hall–Kier alpha value is -2.49. The number of thiophene rings is 1. The number of hydrogen-bond acceptors (Lipinski definition) is 6. The molecule has 1 aliphatic rings. The molecule has 0 saturated carbocycles. The molecule has 0 aliphatic carbocycles. The molecule has 7 nitrogen and oxygen atoms in total. The van der Waals surface area contributed by atoms with Crippen LogP contribution in [0.15, 0.2) is 41.8 Å². The lowest BCUT2D eigenvalue weighted by molar-refractivity contribution is -0.136. The molecule has 2 aromatic heterocycles. The molecule has 1 N–H and O–H groups in total. The molecule has 0 bridgehead atoms. The van der Waals surface area contributed by atoms with Gasteiger partial charge in [0.1, 0.15) is 11.8 Å². The lowest BCUT2D eigenvalue weighted by Gasteiger charge is -2.36. The van der Waals surface area contributed by atoms with Crippen molar-refractivity contribution in [1.29, 1.82) is 0 Å². The number of carbonyl (C=O) groups is 1. The number of carbonyl (C=O) groups excluding carboxylic acids is 1. The van der Waals surface area contributed by atoms with E-state index in [0.29, 0.717) is 23.7 Å². The Bertz CT molecular complexity index is 1030. The van der Waals surface area contributed by atoms with E-state index in [1.54, 1.807) is 18.4 Å². The zero-order valence-corrected chi connectivity index (χ0v) is 18.7. The van der Waals surface area contributed by atoms with Crippen LogP contribution in [0.4, 0.5) is 0 Å². The second-order valence-corrected chi connectivity index (χ2v) is 8.66. The first-order chi connectivity index (χ1) is 14.6. The number of piperazine rings is 1. The second kappa shape index (κ2) is 9.11. The van der Waals surface area contributed by atoms with Crippen LogP contribution in [-0.4, -0.2) is 63.8 Å². The summed E-state index contributed by atoms with van der Waals surface area (Å²) in [5, 5.41) is 9.18. The predicted molar refractivity (Wildman–Crippen MR) is 120 cm³/mol. The molecular weight excluding hydrogens is 418 g/mol. The van der Waals surface area contributed by atoms with Gasteiger partial charge in [-0.15, -0.1) is 11.3 Å². The van der Waals surface area contributed by atoms with E-state index >= 15 is 0 Å². The van der Waals surface area contributed by atoms with Gasteiger partial charge in [0.05, 0.1) is 12.0 Å². The van der Waals surface area contributed by atoms with Crippen LogP contribution < -0.4 is 4.74 Å². The third kappa shape index (κ3) is 4.33. The highest BCUT2D eigenvalue weighted by Gasteiger charge is 2.28. The average Bonchev–Trinajstić information content (AvgIpc) is 3.43. The van der Waals surface area contributed by atoms with Crippen molar-refractivity contribution < 1.29 is 9.53 Å². The molecule has 1 aromatic carbocycles. The number of ether oxygens (including phenoxy) is 1. The fourth-order valence-electron chi connectivity index (χ4n) is 3.73. The van der Waals surface area contributed by atoms with Gasteiger partial charge in [-0.2, -0.15) is 5.10 Å². The molecule has 158 valence electrons. The Morgan fingerprint density at radius 1 is 1.23 bits per heavy atom. The third-order valence-electron chi connectivity index (χ3n) is 5.44. The van der Waals surface area contributed by atoms with Gasteiger partial charge in [-0.25, -0.2) is 0 Å². The minimum absolute atomic E-state index is 0.0782. The van der Waals surface area contributed by atoms with Gasteiger partial charge >= 0.3 is 0 Å². The van der Waals surface area contributed by atoms with Crippen LogP contribution in [-0.2, 0) is 11.3 Å². The normalized spacial score (nSPS) is 15.9. The van der Waals surface area contributed by atoms with E-state index in [0.717, 1.165) is 30.3 Å². The summed E-state index contributed by atoms with van der Waals surface area (Å²) in [6, 6.07) is 11.7. The van der Waals surface area contributed by atoms with E-state index < -0.39 is 6.04 Å². The lowest BCUT2D eigenvalue weighted by atomic mass is 10.1. The van der Waals surface area contributed by atoms with E-state index in [-0.39, 0.29) is 5.91 Å². The third-order valence-corrected chi connectivity index (χ3v) is 6.59. The number of hydrogen-bond donors (Lipinski definition) is 1. The average molecular weight is 444 g/mol. The highest BCUT2D eigenvalue weighted by molar-refractivity contribution is 7.71. The van der Waals surface area contributed by atoms with Gasteiger partial charge in [0.2, 0.25) is 5.91 Å². The van der Waals surface area contributed by atoms with E-state index in [4.69, 9.17) is 17.0 Å². The summed E-state index contributed by atoms with van der Waals surface area (Å²) in [6.07, 6.45) is 0. The largest absolute Gasteiger partial charge is 0.497 e. The van der Waals surface area contributed by atoms with Gasteiger partial charge in [-0.1, -0.05) is 18.2 Å². The van der Waals surface area contributed by atoms with Crippen molar-refractivity contribution >= 4 is 29.5 Å². The SMILES string of the molecule is COc1ccc(CN2CCN(C(=O)C(C)n3c(-c4cccs4)n[nH]c3=S)CC2)cc1. The quantitative estimate of drug-likeness (QED) is 0.590. The molecule has 1 saturated heterocycles. The van der Waals surface area contributed by atoms with Crippen LogP contribution in [0, 0.1) is 4.77 Å². The van der Waals surface area contributed by atoms with Crippen molar-refractivity contribution in [1.82, 2.24) is 24.6 Å². The monoisotopic (exact) mass is 443 g/mol.